The van der Waals surface area contributed by atoms with Gasteiger partial charge >= 0.3 is 0 Å². The molecule has 2 aromatic rings. The summed E-state index contributed by atoms with van der Waals surface area (Å²) in [4.78, 5) is 16.1. The van der Waals surface area contributed by atoms with Crippen LogP contribution in [0.4, 0.5) is 10.9 Å². The van der Waals surface area contributed by atoms with Crippen molar-refractivity contribution < 1.29 is 0 Å². The Bertz CT molecular complexity index is 693. The summed E-state index contributed by atoms with van der Waals surface area (Å²) in [5.41, 5.74) is 2.52. The average molecular weight is 331 g/mol. The van der Waals surface area contributed by atoms with Gasteiger partial charge in [-0.1, -0.05) is 11.3 Å². The van der Waals surface area contributed by atoms with Crippen molar-refractivity contribution in [2.45, 2.75) is 19.9 Å². The van der Waals surface area contributed by atoms with Crippen LogP contribution in [-0.4, -0.2) is 64.8 Å². The topological polar surface area (TPSA) is 61.3 Å². The second-order valence-electron chi connectivity index (χ2n) is 6.19. The molecule has 2 aliphatic heterocycles. The molecular formula is C15H21N7S. The van der Waals surface area contributed by atoms with Crippen LogP contribution in [0.2, 0.25) is 0 Å². The maximum absolute atomic E-state index is 4.60. The molecule has 7 nitrogen and oxygen atoms in total. The van der Waals surface area contributed by atoms with E-state index in [1.165, 1.54) is 11.3 Å². The summed E-state index contributed by atoms with van der Waals surface area (Å²) >= 11 is 1.67. The first-order chi connectivity index (χ1) is 11.2. The molecule has 1 saturated heterocycles. The Hall–Kier alpha value is -1.80. The molecule has 2 aliphatic rings. The van der Waals surface area contributed by atoms with Gasteiger partial charge in [0.05, 0.1) is 5.69 Å². The Balaban J connectivity index is 1.51. The first kappa shape index (κ1) is 14.8. The van der Waals surface area contributed by atoms with Crippen molar-refractivity contribution in [3.63, 3.8) is 0 Å². The minimum atomic E-state index is 0.946. The molecule has 1 fully saturated rings. The Morgan fingerprint density at radius 1 is 1.00 bits per heavy atom. The Labute approximate surface area is 140 Å². The summed E-state index contributed by atoms with van der Waals surface area (Å²) in [5.74, 6) is 1.12. The summed E-state index contributed by atoms with van der Waals surface area (Å²) in [6.45, 7) is 7.88. The lowest BCUT2D eigenvalue weighted by Gasteiger charge is -2.37. The number of aromatic nitrogens is 4. The van der Waals surface area contributed by atoms with Crippen LogP contribution in [0.1, 0.15) is 16.3 Å². The first-order valence-electron chi connectivity index (χ1n) is 8.02. The fourth-order valence-corrected chi connectivity index (χ4v) is 4.00. The number of rotatable bonds is 2. The van der Waals surface area contributed by atoms with Crippen molar-refractivity contribution in [2.24, 2.45) is 0 Å². The molecule has 0 aromatic carbocycles. The zero-order valence-corrected chi connectivity index (χ0v) is 14.4. The fraction of sp³-hybridized carbons (Fsp3) is 0.600. The smallest absolute Gasteiger partial charge is 0.208 e. The van der Waals surface area contributed by atoms with Crippen molar-refractivity contribution in [1.82, 2.24) is 25.1 Å². The van der Waals surface area contributed by atoms with E-state index in [0.717, 1.165) is 61.6 Å². The SMILES string of the molecule is Cc1nnc(N2CCN(c3ncnc4c3CN(C)CC4)CC2)s1. The van der Waals surface area contributed by atoms with E-state index >= 15 is 0 Å². The zero-order valence-electron chi connectivity index (χ0n) is 13.6. The molecule has 23 heavy (non-hydrogen) atoms. The van der Waals surface area contributed by atoms with Crippen LogP contribution in [-0.2, 0) is 13.0 Å². The molecule has 0 unspecified atom stereocenters. The van der Waals surface area contributed by atoms with Crippen molar-refractivity contribution in [1.29, 1.82) is 0 Å². The standard InChI is InChI=1S/C15H21N7S/c1-11-18-19-15(23-11)22-7-5-21(6-8-22)14-12-9-20(2)4-3-13(12)16-10-17-14/h10H,3-9H2,1-2H3. The number of fused-ring (bicyclic) bond motifs is 1. The van der Waals surface area contributed by atoms with Gasteiger partial charge in [0.1, 0.15) is 17.2 Å². The lowest BCUT2D eigenvalue weighted by Crippen LogP contribution is -2.47. The van der Waals surface area contributed by atoms with Gasteiger partial charge in [0.15, 0.2) is 0 Å². The predicted octanol–water partition coefficient (Wildman–Crippen LogP) is 0.951. The predicted molar refractivity (Wildman–Crippen MR) is 91.1 cm³/mol. The Morgan fingerprint density at radius 2 is 1.78 bits per heavy atom. The average Bonchev–Trinajstić information content (AvgIpc) is 3.01. The van der Waals surface area contributed by atoms with Crippen LogP contribution in [0.3, 0.4) is 0 Å². The van der Waals surface area contributed by atoms with E-state index in [0.29, 0.717) is 0 Å². The molecule has 4 heterocycles. The highest BCUT2D eigenvalue weighted by molar-refractivity contribution is 7.15. The van der Waals surface area contributed by atoms with Gasteiger partial charge in [-0.3, -0.25) is 0 Å². The zero-order chi connectivity index (χ0) is 15.8. The minimum absolute atomic E-state index is 0.946. The highest BCUT2D eigenvalue weighted by atomic mass is 32.1. The van der Waals surface area contributed by atoms with E-state index in [1.54, 1.807) is 17.7 Å². The summed E-state index contributed by atoms with van der Waals surface area (Å²) < 4.78 is 0. The van der Waals surface area contributed by atoms with Crippen LogP contribution >= 0.6 is 11.3 Å². The monoisotopic (exact) mass is 331 g/mol. The number of hydrogen-bond acceptors (Lipinski definition) is 8. The molecule has 4 rings (SSSR count). The number of piperazine rings is 1. The molecule has 2 aromatic heterocycles. The number of hydrogen-bond donors (Lipinski definition) is 0. The van der Waals surface area contributed by atoms with Gasteiger partial charge in [-0.05, 0) is 14.0 Å². The van der Waals surface area contributed by atoms with Gasteiger partial charge in [0.2, 0.25) is 5.13 Å². The van der Waals surface area contributed by atoms with Crippen molar-refractivity contribution >= 4 is 22.3 Å². The Morgan fingerprint density at radius 3 is 2.52 bits per heavy atom. The number of aryl methyl sites for hydroxylation is 1. The van der Waals surface area contributed by atoms with Gasteiger partial charge in [0.25, 0.3) is 0 Å². The molecule has 0 N–H and O–H groups in total. The van der Waals surface area contributed by atoms with E-state index in [4.69, 9.17) is 0 Å². The third kappa shape index (κ3) is 2.88. The second-order valence-corrected chi connectivity index (χ2v) is 7.35. The number of nitrogens with zero attached hydrogens (tertiary/aromatic N) is 7. The molecule has 122 valence electrons. The molecule has 0 atom stereocenters. The summed E-state index contributed by atoms with van der Waals surface area (Å²) in [7, 11) is 2.16. The van der Waals surface area contributed by atoms with Crippen molar-refractivity contribution in [2.75, 3.05) is 49.6 Å². The van der Waals surface area contributed by atoms with E-state index in [9.17, 15) is 0 Å². The van der Waals surface area contributed by atoms with E-state index in [-0.39, 0.29) is 0 Å². The quantitative estimate of drug-likeness (QED) is 0.812. The van der Waals surface area contributed by atoms with E-state index in [2.05, 4.69) is 41.9 Å². The highest BCUT2D eigenvalue weighted by Gasteiger charge is 2.25. The number of likely N-dealkylation sites (N-methyl/N-ethyl adjacent to an activating group) is 1. The van der Waals surface area contributed by atoms with E-state index < -0.39 is 0 Å². The molecule has 0 amide bonds. The van der Waals surface area contributed by atoms with Gasteiger partial charge in [-0.15, -0.1) is 10.2 Å². The molecule has 0 bridgehead atoms. The Kier molecular flexibility index (Phi) is 3.86. The first-order valence-corrected chi connectivity index (χ1v) is 8.83. The molecule has 0 spiro atoms. The lowest BCUT2D eigenvalue weighted by molar-refractivity contribution is 0.309. The van der Waals surface area contributed by atoms with Gasteiger partial charge < -0.3 is 14.7 Å². The molecule has 0 aliphatic carbocycles. The molecule has 8 heteroatoms. The fourth-order valence-electron chi connectivity index (χ4n) is 3.26. The van der Waals surface area contributed by atoms with Crippen molar-refractivity contribution in [3.05, 3.63) is 22.6 Å². The normalized spacial score (nSPS) is 19.0. The maximum atomic E-state index is 4.60. The van der Waals surface area contributed by atoms with Crippen LogP contribution in [0, 0.1) is 6.92 Å². The molecular weight excluding hydrogens is 310 g/mol. The van der Waals surface area contributed by atoms with Crippen LogP contribution in [0.25, 0.3) is 0 Å². The third-order valence-corrected chi connectivity index (χ3v) is 5.43. The molecule has 0 radical (unpaired) electrons. The summed E-state index contributed by atoms with van der Waals surface area (Å²) in [6, 6.07) is 0. The highest BCUT2D eigenvalue weighted by Crippen LogP contribution is 2.27. The largest absolute Gasteiger partial charge is 0.353 e. The van der Waals surface area contributed by atoms with Gasteiger partial charge in [-0.25, -0.2) is 9.97 Å². The van der Waals surface area contributed by atoms with Crippen LogP contribution in [0.15, 0.2) is 6.33 Å². The van der Waals surface area contributed by atoms with Crippen molar-refractivity contribution in [3.8, 4) is 0 Å². The minimum Gasteiger partial charge on any atom is -0.353 e. The molecule has 0 saturated carbocycles. The van der Waals surface area contributed by atoms with Crippen LogP contribution < -0.4 is 9.80 Å². The second kappa shape index (κ2) is 6.01. The van der Waals surface area contributed by atoms with Gasteiger partial charge in [-0.2, -0.15) is 0 Å². The summed E-state index contributed by atoms with van der Waals surface area (Å²) in [5, 5.41) is 10.4. The summed E-state index contributed by atoms with van der Waals surface area (Å²) in [6.07, 6.45) is 2.74. The number of anilines is 2. The maximum Gasteiger partial charge on any atom is 0.208 e. The van der Waals surface area contributed by atoms with Crippen LogP contribution in [0.5, 0.6) is 0 Å². The van der Waals surface area contributed by atoms with E-state index in [1.807, 2.05) is 6.92 Å². The third-order valence-electron chi connectivity index (χ3n) is 4.54. The van der Waals surface area contributed by atoms with Gasteiger partial charge in [0, 0.05) is 51.3 Å². The lowest BCUT2D eigenvalue weighted by atomic mass is 10.1.